The van der Waals surface area contributed by atoms with Gasteiger partial charge in [-0.05, 0) is 57.2 Å². The molecule has 1 aromatic carbocycles. The summed E-state index contributed by atoms with van der Waals surface area (Å²) in [7, 11) is 1.84. The van der Waals surface area contributed by atoms with Crippen LogP contribution in [-0.2, 0) is 11.2 Å². The summed E-state index contributed by atoms with van der Waals surface area (Å²) in [5.41, 5.74) is 2.85. The number of benzene rings is 1. The highest BCUT2D eigenvalue weighted by atomic mass is 35.5. The minimum absolute atomic E-state index is 0.365. The van der Waals surface area contributed by atoms with Crippen LogP contribution in [0.1, 0.15) is 26.5 Å². The molecule has 4 rings (SSSR count). The molecule has 0 aliphatic carbocycles. The maximum absolute atomic E-state index is 12.9. The molecule has 0 N–H and O–H groups in total. The number of rotatable bonds is 5. The third kappa shape index (κ3) is 5.17. The Balaban J connectivity index is 1.79. The Morgan fingerprint density at radius 1 is 1.12 bits per heavy atom. The molecule has 0 bridgehead atoms. The molecule has 4 aromatic rings. The lowest BCUT2D eigenvalue weighted by molar-refractivity contribution is 0.0522. The maximum Gasteiger partial charge on any atom is 0.435 e. The van der Waals surface area contributed by atoms with Crippen molar-refractivity contribution in [3.63, 3.8) is 0 Å². The average Bonchev–Trinajstić information content (AvgIpc) is 3.11. The zero-order valence-electron chi connectivity index (χ0n) is 19.0. The van der Waals surface area contributed by atoms with Crippen LogP contribution in [0.5, 0.6) is 5.75 Å². The van der Waals surface area contributed by atoms with Crippen LogP contribution >= 0.6 is 11.6 Å². The van der Waals surface area contributed by atoms with Crippen molar-refractivity contribution < 1.29 is 14.3 Å². The number of nitrogens with zero attached hydrogens (tertiary/aromatic N) is 4. The third-order valence-corrected chi connectivity index (χ3v) is 5.17. The Morgan fingerprint density at radius 3 is 2.61 bits per heavy atom. The van der Waals surface area contributed by atoms with Crippen molar-refractivity contribution in [2.24, 2.45) is 0 Å². The number of halogens is 1. The van der Waals surface area contributed by atoms with Crippen LogP contribution < -0.4 is 10.3 Å². The quantitative estimate of drug-likeness (QED) is 0.420. The second kappa shape index (κ2) is 9.23. The van der Waals surface area contributed by atoms with Crippen molar-refractivity contribution in [3.05, 3.63) is 65.6 Å². The van der Waals surface area contributed by atoms with Crippen molar-refractivity contribution in [1.82, 2.24) is 19.7 Å². The summed E-state index contributed by atoms with van der Waals surface area (Å²) in [6.45, 7) is 5.81. The number of carbonyl (C=O) groups is 1. The predicted molar refractivity (Wildman–Crippen MR) is 131 cm³/mol. The number of ether oxygens (including phenoxy) is 2. The van der Waals surface area contributed by atoms with Gasteiger partial charge in [0.15, 0.2) is 7.85 Å². The minimum atomic E-state index is -0.662. The van der Waals surface area contributed by atoms with Gasteiger partial charge in [0.25, 0.3) is 0 Å². The van der Waals surface area contributed by atoms with E-state index in [1.807, 2.05) is 58.9 Å². The van der Waals surface area contributed by atoms with E-state index < -0.39 is 11.7 Å². The van der Waals surface area contributed by atoms with Crippen molar-refractivity contribution in [2.75, 3.05) is 6.61 Å². The molecule has 3 heterocycles. The van der Waals surface area contributed by atoms with E-state index in [0.29, 0.717) is 40.6 Å². The first kappa shape index (κ1) is 22.8. The second-order valence-corrected chi connectivity index (χ2v) is 9.01. The SMILES string of the molecule is Bc1nn(C(=O)OC(C)(C)C)c2c(OCCc3ccccn3)cc(-c3ncccc3Cl)cc12. The van der Waals surface area contributed by atoms with Gasteiger partial charge in [-0.2, -0.15) is 9.78 Å². The third-order valence-electron chi connectivity index (χ3n) is 4.87. The summed E-state index contributed by atoms with van der Waals surface area (Å²) in [6, 6.07) is 13.1. The number of hydrogen-bond acceptors (Lipinski definition) is 6. The Bertz CT molecular complexity index is 1300. The highest BCUT2D eigenvalue weighted by molar-refractivity contribution is 6.38. The van der Waals surface area contributed by atoms with Crippen molar-refractivity contribution >= 4 is 42.0 Å². The van der Waals surface area contributed by atoms with Crippen molar-refractivity contribution in [2.45, 2.75) is 32.8 Å². The highest BCUT2D eigenvalue weighted by Gasteiger charge is 2.24. The van der Waals surface area contributed by atoms with E-state index in [1.54, 1.807) is 24.5 Å². The van der Waals surface area contributed by atoms with E-state index in [9.17, 15) is 4.79 Å². The summed E-state index contributed by atoms with van der Waals surface area (Å²) >= 11 is 6.41. The number of aromatic nitrogens is 4. The van der Waals surface area contributed by atoms with Crippen LogP contribution in [0.2, 0.25) is 5.02 Å². The summed E-state index contributed by atoms with van der Waals surface area (Å²) in [4.78, 5) is 21.7. The van der Waals surface area contributed by atoms with Crippen LogP contribution in [0.4, 0.5) is 4.79 Å². The molecule has 9 heteroatoms. The Labute approximate surface area is 198 Å². The number of hydrogen-bond donors (Lipinski definition) is 0. The fraction of sp³-hybridized carbons (Fsp3) is 0.250. The van der Waals surface area contributed by atoms with Gasteiger partial charge in [-0.25, -0.2) is 4.79 Å². The number of pyridine rings is 2. The molecule has 3 aromatic heterocycles. The average molecular weight is 463 g/mol. The number of fused-ring (bicyclic) bond motifs is 1. The van der Waals surface area contributed by atoms with Crippen LogP contribution in [0.3, 0.4) is 0 Å². The first-order chi connectivity index (χ1) is 15.7. The van der Waals surface area contributed by atoms with Gasteiger partial charge < -0.3 is 9.47 Å². The van der Waals surface area contributed by atoms with E-state index in [-0.39, 0.29) is 0 Å². The van der Waals surface area contributed by atoms with Crippen LogP contribution in [-0.4, -0.2) is 45.9 Å². The lowest BCUT2D eigenvalue weighted by Gasteiger charge is -2.19. The van der Waals surface area contributed by atoms with Crippen LogP contribution in [0.25, 0.3) is 22.2 Å². The summed E-state index contributed by atoms with van der Waals surface area (Å²) in [5.74, 6) is 0.492. The largest absolute Gasteiger partial charge is 0.491 e. The number of carbonyl (C=O) groups excluding carboxylic acids is 1. The molecule has 0 unspecified atom stereocenters. The molecule has 0 aliphatic rings. The standard InChI is InChI=1S/C24H24BClN4O3/c1-24(2,3)33-23(31)30-21-17(22(25)29-30)13-15(20-18(26)8-6-11-28-20)14-19(21)32-12-9-16-7-4-5-10-27-16/h4-8,10-11,13-14H,9,12,25H2,1-3H3. The molecule has 0 fully saturated rings. The first-order valence-corrected chi connectivity index (χ1v) is 11.0. The van der Waals surface area contributed by atoms with Crippen molar-refractivity contribution in [1.29, 1.82) is 0 Å². The molecular formula is C24H24BClN4O3. The van der Waals surface area contributed by atoms with Gasteiger partial charge in [0.1, 0.15) is 16.9 Å². The van der Waals surface area contributed by atoms with E-state index in [1.165, 1.54) is 4.68 Å². The lowest BCUT2D eigenvalue weighted by Crippen LogP contribution is -2.28. The molecule has 0 atom stereocenters. The summed E-state index contributed by atoms with van der Waals surface area (Å²) < 4.78 is 13.0. The van der Waals surface area contributed by atoms with E-state index >= 15 is 0 Å². The molecule has 0 radical (unpaired) electrons. The lowest BCUT2D eigenvalue weighted by atomic mass is 9.97. The topological polar surface area (TPSA) is 79.1 Å². The van der Waals surface area contributed by atoms with Gasteiger partial charge in [-0.15, -0.1) is 0 Å². The summed E-state index contributed by atoms with van der Waals surface area (Å²) in [5, 5.41) is 5.73. The fourth-order valence-electron chi connectivity index (χ4n) is 3.45. The molecule has 7 nitrogen and oxygen atoms in total. The molecule has 33 heavy (non-hydrogen) atoms. The van der Waals surface area contributed by atoms with E-state index in [2.05, 4.69) is 15.1 Å². The fourth-order valence-corrected chi connectivity index (χ4v) is 3.68. The van der Waals surface area contributed by atoms with Gasteiger partial charge in [0.05, 0.1) is 17.3 Å². The Hall–Kier alpha value is -3.39. The van der Waals surface area contributed by atoms with Crippen LogP contribution in [0, 0.1) is 0 Å². The highest BCUT2D eigenvalue weighted by Crippen LogP contribution is 2.34. The zero-order valence-corrected chi connectivity index (χ0v) is 19.8. The van der Waals surface area contributed by atoms with Gasteiger partial charge in [-0.3, -0.25) is 9.97 Å². The van der Waals surface area contributed by atoms with Gasteiger partial charge in [0.2, 0.25) is 0 Å². The molecule has 0 amide bonds. The van der Waals surface area contributed by atoms with Gasteiger partial charge in [0, 0.05) is 41.1 Å². The van der Waals surface area contributed by atoms with Gasteiger partial charge >= 0.3 is 6.09 Å². The van der Waals surface area contributed by atoms with Gasteiger partial charge in [-0.1, -0.05) is 17.7 Å². The molecule has 0 saturated heterocycles. The normalized spacial score (nSPS) is 11.5. The monoisotopic (exact) mass is 462 g/mol. The second-order valence-electron chi connectivity index (χ2n) is 8.60. The van der Waals surface area contributed by atoms with Crippen molar-refractivity contribution in [3.8, 4) is 17.0 Å². The Kier molecular flexibility index (Phi) is 6.38. The maximum atomic E-state index is 12.9. The summed E-state index contributed by atoms with van der Waals surface area (Å²) in [6.07, 6.45) is 3.47. The van der Waals surface area contributed by atoms with E-state index in [4.69, 9.17) is 21.1 Å². The first-order valence-electron chi connectivity index (χ1n) is 10.6. The Morgan fingerprint density at radius 2 is 1.91 bits per heavy atom. The molecular weight excluding hydrogens is 439 g/mol. The van der Waals surface area contributed by atoms with E-state index in [0.717, 1.165) is 16.6 Å². The molecule has 168 valence electrons. The molecule has 0 aliphatic heterocycles. The predicted octanol–water partition coefficient (Wildman–Crippen LogP) is 3.81. The smallest absolute Gasteiger partial charge is 0.435 e. The molecule has 0 spiro atoms. The zero-order chi connectivity index (χ0) is 23.6. The minimum Gasteiger partial charge on any atom is -0.491 e. The van der Waals surface area contributed by atoms with Crippen LogP contribution in [0.15, 0.2) is 54.9 Å². The molecule has 0 saturated carbocycles.